The van der Waals surface area contributed by atoms with Crippen LogP contribution in [0.3, 0.4) is 0 Å². The van der Waals surface area contributed by atoms with E-state index in [4.69, 9.17) is 0 Å². The molecule has 0 aliphatic carbocycles. The van der Waals surface area contributed by atoms with Crippen LogP contribution in [0.25, 0.3) is 0 Å². The zero-order chi connectivity index (χ0) is 14.1. The normalized spacial score (nSPS) is 14.7. The molecule has 1 aromatic carbocycles. The van der Waals surface area contributed by atoms with Crippen molar-refractivity contribution in [1.29, 1.82) is 0 Å². The molecule has 18 heavy (non-hydrogen) atoms. The maximum absolute atomic E-state index is 13.5. The lowest BCUT2D eigenvalue weighted by Crippen LogP contribution is -2.21. The predicted octanol–water partition coefficient (Wildman–Crippen LogP) is 3.38. The van der Waals surface area contributed by atoms with E-state index in [1.54, 1.807) is 20.8 Å². The van der Waals surface area contributed by atoms with Crippen LogP contribution in [0.2, 0.25) is 0 Å². The van der Waals surface area contributed by atoms with Crippen LogP contribution in [0.4, 0.5) is 13.2 Å². The molecule has 0 heterocycles. The quantitative estimate of drug-likeness (QED) is 0.602. The number of hydrogen-bond donors (Lipinski definition) is 0. The number of benzene rings is 1. The van der Waals surface area contributed by atoms with Gasteiger partial charge >= 0.3 is 0 Å². The van der Waals surface area contributed by atoms with Gasteiger partial charge in [0, 0.05) is 0 Å². The molecular formula is C12H14F3NOS. The van der Waals surface area contributed by atoms with Gasteiger partial charge in [0.25, 0.3) is 0 Å². The summed E-state index contributed by atoms with van der Waals surface area (Å²) >= 11 is 0. The fourth-order valence-corrected chi connectivity index (χ4v) is 1.78. The molecule has 0 N–H and O–H groups in total. The SMILES string of the molecule is CC(=N[S@](=O)C(C)(C)C)c1c(F)ccc(F)c1F. The first kappa shape index (κ1) is 14.9. The Labute approximate surface area is 107 Å². The van der Waals surface area contributed by atoms with Crippen LogP contribution in [0.15, 0.2) is 16.5 Å². The summed E-state index contributed by atoms with van der Waals surface area (Å²) in [6, 6.07) is 1.51. The van der Waals surface area contributed by atoms with Crippen molar-refractivity contribution in [2.24, 2.45) is 4.40 Å². The molecule has 0 bridgehead atoms. The molecule has 0 aliphatic rings. The van der Waals surface area contributed by atoms with E-state index in [2.05, 4.69) is 4.40 Å². The maximum atomic E-state index is 13.5. The summed E-state index contributed by atoms with van der Waals surface area (Å²) in [5.41, 5.74) is -0.703. The van der Waals surface area contributed by atoms with Gasteiger partial charge in [0.05, 0.1) is 16.0 Å². The summed E-state index contributed by atoms with van der Waals surface area (Å²) < 4.78 is 54.7. The van der Waals surface area contributed by atoms with Gasteiger partial charge in [-0.2, -0.15) is 4.40 Å². The average molecular weight is 277 g/mol. The summed E-state index contributed by atoms with van der Waals surface area (Å²) in [5.74, 6) is -3.41. The fraction of sp³-hybridized carbons (Fsp3) is 0.417. The first-order chi connectivity index (χ1) is 8.14. The summed E-state index contributed by atoms with van der Waals surface area (Å²) in [7, 11) is -1.66. The molecule has 2 nitrogen and oxygen atoms in total. The molecule has 0 spiro atoms. The molecule has 0 saturated carbocycles. The van der Waals surface area contributed by atoms with E-state index >= 15 is 0 Å². The Hall–Kier alpha value is -1.17. The van der Waals surface area contributed by atoms with Crippen molar-refractivity contribution in [2.45, 2.75) is 32.4 Å². The highest BCUT2D eigenvalue weighted by atomic mass is 32.2. The molecule has 100 valence electrons. The largest absolute Gasteiger partial charge is 0.234 e. The first-order valence-electron chi connectivity index (χ1n) is 5.25. The molecular weight excluding hydrogens is 263 g/mol. The van der Waals surface area contributed by atoms with Gasteiger partial charge in [0.15, 0.2) is 11.6 Å². The van der Waals surface area contributed by atoms with Crippen LogP contribution < -0.4 is 0 Å². The average Bonchev–Trinajstić information content (AvgIpc) is 2.22. The van der Waals surface area contributed by atoms with Gasteiger partial charge in [-0.15, -0.1) is 0 Å². The van der Waals surface area contributed by atoms with Crippen molar-refractivity contribution in [3.05, 3.63) is 35.1 Å². The summed E-state index contributed by atoms with van der Waals surface area (Å²) in [6.45, 7) is 6.33. The third-order valence-corrected chi connectivity index (χ3v) is 3.64. The number of rotatable bonds is 2. The topological polar surface area (TPSA) is 29.4 Å². The maximum Gasteiger partial charge on any atom is 0.170 e. The van der Waals surface area contributed by atoms with Gasteiger partial charge in [-0.05, 0) is 39.8 Å². The van der Waals surface area contributed by atoms with Gasteiger partial charge in [-0.1, -0.05) is 0 Å². The van der Waals surface area contributed by atoms with Crippen molar-refractivity contribution in [2.75, 3.05) is 0 Å². The molecule has 0 amide bonds. The van der Waals surface area contributed by atoms with E-state index < -0.39 is 38.7 Å². The summed E-state index contributed by atoms with van der Waals surface area (Å²) in [4.78, 5) is 0. The van der Waals surface area contributed by atoms with Crippen LogP contribution in [0, 0.1) is 17.5 Å². The second-order valence-electron chi connectivity index (χ2n) is 4.76. The minimum absolute atomic E-state index is 0.127. The highest BCUT2D eigenvalue weighted by molar-refractivity contribution is 7.85. The van der Waals surface area contributed by atoms with Crippen LogP contribution in [0.1, 0.15) is 33.3 Å². The van der Waals surface area contributed by atoms with E-state index in [1.807, 2.05) is 0 Å². The molecule has 1 atom stereocenters. The highest BCUT2D eigenvalue weighted by Crippen LogP contribution is 2.19. The van der Waals surface area contributed by atoms with Crippen molar-refractivity contribution >= 4 is 16.7 Å². The summed E-state index contributed by atoms with van der Waals surface area (Å²) in [6.07, 6.45) is 0. The van der Waals surface area contributed by atoms with Crippen molar-refractivity contribution in [3.8, 4) is 0 Å². The second kappa shape index (κ2) is 5.22. The zero-order valence-corrected chi connectivity index (χ0v) is 11.4. The van der Waals surface area contributed by atoms with Gasteiger partial charge in [-0.25, -0.2) is 17.4 Å². The fourth-order valence-electron chi connectivity index (χ4n) is 1.17. The molecule has 1 rings (SSSR count). The monoisotopic (exact) mass is 277 g/mol. The standard InChI is InChI=1S/C12H14F3NOS/c1-7(16-18(17)12(2,3)4)10-8(13)5-6-9(14)11(10)15/h5-6H,1-4H3/t18-/m1/s1. The van der Waals surface area contributed by atoms with Crippen molar-refractivity contribution < 1.29 is 17.4 Å². The Balaban J connectivity index is 3.28. The van der Waals surface area contributed by atoms with Crippen molar-refractivity contribution in [3.63, 3.8) is 0 Å². The highest BCUT2D eigenvalue weighted by Gasteiger charge is 2.22. The summed E-state index contributed by atoms with van der Waals surface area (Å²) in [5, 5.41) is 0. The van der Waals surface area contributed by atoms with E-state index in [-0.39, 0.29) is 5.71 Å². The van der Waals surface area contributed by atoms with Gasteiger partial charge in [-0.3, -0.25) is 0 Å². The van der Waals surface area contributed by atoms with Crippen molar-refractivity contribution in [1.82, 2.24) is 0 Å². The van der Waals surface area contributed by atoms with Crippen LogP contribution >= 0.6 is 0 Å². The minimum atomic E-state index is -1.66. The second-order valence-corrected chi connectivity index (χ2v) is 6.66. The third kappa shape index (κ3) is 3.19. The molecule has 0 aliphatic heterocycles. The molecule has 1 aromatic rings. The van der Waals surface area contributed by atoms with Gasteiger partial charge < -0.3 is 0 Å². The lowest BCUT2D eigenvalue weighted by molar-refractivity contribution is 0.492. The zero-order valence-electron chi connectivity index (χ0n) is 10.6. The Bertz CT molecular complexity index is 521. The number of hydrogen-bond acceptors (Lipinski definition) is 1. The van der Waals surface area contributed by atoms with E-state index in [9.17, 15) is 17.4 Å². The molecule has 0 saturated heterocycles. The Morgan fingerprint density at radius 2 is 1.67 bits per heavy atom. The lowest BCUT2D eigenvalue weighted by atomic mass is 10.1. The van der Waals surface area contributed by atoms with Gasteiger partial charge in [0.1, 0.15) is 16.8 Å². The number of nitrogens with zero attached hydrogens (tertiary/aromatic N) is 1. The van der Waals surface area contributed by atoms with Crippen LogP contribution in [-0.4, -0.2) is 14.7 Å². The van der Waals surface area contributed by atoms with Gasteiger partial charge in [0.2, 0.25) is 0 Å². The van der Waals surface area contributed by atoms with Crippen LogP contribution in [-0.2, 0) is 11.0 Å². The minimum Gasteiger partial charge on any atom is -0.234 e. The lowest BCUT2D eigenvalue weighted by Gasteiger charge is -2.14. The van der Waals surface area contributed by atoms with E-state index in [0.29, 0.717) is 6.07 Å². The molecule has 0 aromatic heterocycles. The first-order valence-corrected chi connectivity index (χ1v) is 6.36. The smallest absolute Gasteiger partial charge is 0.170 e. The van der Waals surface area contributed by atoms with Crippen LogP contribution in [0.5, 0.6) is 0 Å². The Kier molecular flexibility index (Phi) is 4.32. The Morgan fingerprint density at radius 3 is 2.17 bits per heavy atom. The number of halogens is 3. The van der Waals surface area contributed by atoms with E-state index in [0.717, 1.165) is 6.07 Å². The molecule has 6 heteroatoms. The molecule has 0 radical (unpaired) electrons. The van der Waals surface area contributed by atoms with E-state index in [1.165, 1.54) is 6.92 Å². The predicted molar refractivity (Wildman–Crippen MR) is 66.4 cm³/mol. The Morgan fingerprint density at radius 1 is 1.17 bits per heavy atom. The third-order valence-electron chi connectivity index (χ3n) is 2.15. The molecule has 0 unspecified atom stereocenters. The molecule has 0 fully saturated rings.